The van der Waals surface area contributed by atoms with E-state index in [2.05, 4.69) is 53.5 Å². The maximum Gasteiger partial charge on any atom is 0.221 e. The van der Waals surface area contributed by atoms with E-state index in [1.807, 2.05) is 6.07 Å². The van der Waals surface area contributed by atoms with Crippen LogP contribution < -0.4 is 10.2 Å². The Morgan fingerprint density at radius 1 is 1.24 bits per heavy atom. The molecule has 0 fully saturated rings. The highest BCUT2D eigenvalue weighted by Crippen LogP contribution is 2.31. The van der Waals surface area contributed by atoms with Crippen molar-refractivity contribution in [1.82, 2.24) is 0 Å². The summed E-state index contributed by atoms with van der Waals surface area (Å²) in [5, 5.41) is 2.87. The van der Waals surface area contributed by atoms with Crippen LogP contribution in [0.4, 0.5) is 11.4 Å². The van der Waals surface area contributed by atoms with Gasteiger partial charge in [0.2, 0.25) is 5.91 Å². The SMILES string of the molecule is COC(C)c1ccc(CN2CCCc3cc(NC(C)=O)ccc32)cc1. The van der Waals surface area contributed by atoms with Crippen LogP contribution in [0.25, 0.3) is 0 Å². The van der Waals surface area contributed by atoms with Crippen molar-refractivity contribution < 1.29 is 9.53 Å². The summed E-state index contributed by atoms with van der Waals surface area (Å²) < 4.78 is 5.37. The Labute approximate surface area is 149 Å². The molecule has 2 aromatic carbocycles. The smallest absolute Gasteiger partial charge is 0.221 e. The summed E-state index contributed by atoms with van der Waals surface area (Å²) in [6.45, 7) is 5.55. The number of nitrogens with one attached hydrogen (secondary N) is 1. The lowest BCUT2D eigenvalue weighted by atomic mass is 10.00. The van der Waals surface area contributed by atoms with Gasteiger partial charge in [-0.25, -0.2) is 0 Å². The summed E-state index contributed by atoms with van der Waals surface area (Å²) in [5.74, 6) is -0.0296. The molecule has 25 heavy (non-hydrogen) atoms. The van der Waals surface area contributed by atoms with Gasteiger partial charge in [0.15, 0.2) is 0 Å². The standard InChI is InChI=1S/C21H26N2O2/c1-15(25-3)18-8-6-17(7-9-18)14-23-12-4-5-19-13-20(22-16(2)24)10-11-21(19)23/h6-11,13,15H,4-5,12,14H2,1-3H3,(H,22,24). The summed E-state index contributed by atoms with van der Waals surface area (Å²) >= 11 is 0. The fourth-order valence-electron chi connectivity index (χ4n) is 3.37. The molecule has 0 bridgehead atoms. The van der Waals surface area contributed by atoms with E-state index in [4.69, 9.17) is 4.74 Å². The van der Waals surface area contributed by atoms with Gasteiger partial charge in [-0.1, -0.05) is 24.3 Å². The quantitative estimate of drug-likeness (QED) is 0.883. The lowest BCUT2D eigenvalue weighted by Gasteiger charge is -2.32. The minimum Gasteiger partial charge on any atom is -0.377 e. The van der Waals surface area contributed by atoms with Crippen molar-refractivity contribution in [2.24, 2.45) is 0 Å². The zero-order valence-electron chi connectivity index (χ0n) is 15.2. The number of fused-ring (bicyclic) bond motifs is 1. The first-order valence-corrected chi connectivity index (χ1v) is 8.84. The Balaban J connectivity index is 1.75. The first kappa shape index (κ1) is 17.5. The van der Waals surface area contributed by atoms with Crippen LogP contribution in [0, 0.1) is 0 Å². The molecule has 1 heterocycles. The van der Waals surface area contributed by atoms with Crippen molar-refractivity contribution in [2.75, 3.05) is 23.9 Å². The number of carbonyl (C=O) groups excluding carboxylic acids is 1. The van der Waals surface area contributed by atoms with Crippen molar-refractivity contribution in [3.05, 3.63) is 59.2 Å². The van der Waals surface area contributed by atoms with Crippen molar-refractivity contribution in [2.45, 2.75) is 39.3 Å². The third-order valence-corrected chi connectivity index (χ3v) is 4.79. The number of ether oxygens (including phenoxy) is 1. The van der Waals surface area contributed by atoms with Gasteiger partial charge in [0.1, 0.15) is 0 Å². The van der Waals surface area contributed by atoms with E-state index >= 15 is 0 Å². The van der Waals surface area contributed by atoms with E-state index in [0.717, 1.165) is 31.6 Å². The zero-order chi connectivity index (χ0) is 17.8. The summed E-state index contributed by atoms with van der Waals surface area (Å²) in [4.78, 5) is 13.7. The molecule has 0 spiro atoms. The molecular weight excluding hydrogens is 312 g/mol. The summed E-state index contributed by atoms with van der Waals surface area (Å²) in [5.41, 5.74) is 5.96. The van der Waals surface area contributed by atoms with E-state index in [-0.39, 0.29) is 12.0 Å². The molecule has 1 atom stereocenters. The van der Waals surface area contributed by atoms with E-state index in [9.17, 15) is 4.79 Å². The van der Waals surface area contributed by atoms with Gasteiger partial charge >= 0.3 is 0 Å². The number of methoxy groups -OCH3 is 1. The first-order chi connectivity index (χ1) is 12.1. The number of hydrogen-bond acceptors (Lipinski definition) is 3. The molecule has 1 aliphatic rings. The maximum absolute atomic E-state index is 11.3. The highest BCUT2D eigenvalue weighted by molar-refractivity contribution is 5.89. The van der Waals surface area contributed by atoms with Crippen LogP contribution in [0.1, 0.15) is 43.1 Å². The molecule has 1 amide bonds. The van der Waals surface area contributed by atoms with Gasteiger partial charge in [-0.2, -0.15) is 0 Å². The molecule has 0 radical (unpaired) electrons. The molecule has 1 aliphatic heterocycles. The number of aryl methyl sites for hydroxylation is 1. The highest BCUT2D eigenvalue weighted by atomic mass is 16.5. The largest absolute Gasteiger partial charge is 0.377 e. The van der Waals surface area contributed by atoms with Crippen LogP contribution in [-0.2, 0) is 22.5 Å². The molecule has 0 saturated carbocycles. The van der Waals surface area contributed by atoms with Crippen molar-refractivity contribution in [3.63, 3.8) is 0 Å². The van der Waals surface area contributed by atoms with Crippen molar-refractivity contribution >= 4 is 17.3 Å². The number of nitrogens with zero attached hydrogens (tertiary/aromatic N) is 1. The third-order valence-electron chi connectivity index (χ3n) is 4.79. The van der Waals surface area contributed by atoms with Gasteiger partial charge in [0, 0.05) is 38.5 Å². The van der Waals surface area contributed by atoms with E-state index in [1.54, 1.807) is 14.0 Å². The fourth-order valence-corrected chi connectivity index (χ4v) is 3.37. The van der Waals surface area contributed by atoms with Gasteiger partial charge in [0.25, 0.3) is 0 Å². The molecule has 132 valence electrons. The summed E-state index contributed by atoms with van der Waals surface area (Å²) in [6, 6.07) is 14.9. The number of hydrogen-bond donors (Lipinski definition) is 1. The van der Waals surface area contributed by atoms with Crippen LogP contribution in [0.3, 0.4) is 0 Å². The number of benzene rings is 2. The average Bonchev–Trinajstić information content (AvgIpc) is 2.61. The number of carbonyl (C=O) groups is 1. The second-order valence-corrected chi connectivity index (χ2v) is 6.67. The predicted molar refractivity (Wildman–Crippen MR) is 102 cm³/mol. The number of rotatable bonds is 5. The molecule has 4 heteroatoms. The molecule has 0 aliphatic carbocycles. The maximum atomic E-state index is 11.3. The van der Waals surface area contributed by atoms with Crippen molar-refractivity contribution in [3.8, 4) is 0 Å². The Morgan fingerprint density at radius 3 is 2.68 bits per heavy atom. The molecule has 4 nitrogen and oxygen atoms in total. The molecule has 0 saturated heterocycles. The van der Waals surface area contributed by atoms with Crippen LogP contribution >= 0.6 is 0 Å². The van der Waals surface area contributed by atoms with Crippen LogP contribution in [0.5, 0.6) is 0 Å². The van der Waals surface area contributed by atoms with Crippen molar-refractivity contribution in [1.29, 1.82) is 0 Å². The van der Waals surface area contributed by atoms with Crippen LogP contribution in [0.15, 0.2) is 42.5 Å². The zero-order valence-corrected chi connectivity index (χ0v) is 15.2. The van der Waals surface area contributed by atoms with Gasteiger partial charge in [0.05, 0.1) is 6.10 Å². The molecule has 3 rings (SSSR count). The Kier molecular flexibility index (Phi) is 5.39. The molecule has 1 N–H and O–H groups in total. The number of amides is 1. The Morgan fingerprint density at radius 2 is 2.00 bits per heavy atom. The summed E-state index contributed by atoms with van der Waals surface area (Å²) in [7, 11) is 1.73. The predicted octanol–water partition coefficient (Wildman–Crippen LogP) is 4.31. The Hall–Kier alpha value is -2.33. The monoisotopic (exact) mass is 338 g/mol. The van der Waals surface area contributed by atoms with Gasteiger partial charge in [-0.05, 0) is 54.7 Å². The van der Waals surface area contributed by atoms with Gasteiger partial charge < -0.3 is 15.0 Å². The third kappa shape index (κ3) is 4.20. The summed E-state index contributed by atoms with van der Waals surface area (Å²) in [6.07, 6.45) is 2.32. The number of anilines is 2. The van der Waals surface area contributed by atoms with Crippen LogP contribution in [-0.4, -0.2) is 19.6 Å². The minimum absolute atomic E-state index is 0.0296. The molecule has 1 unspecified atom stereocenters. The fraction of sp³-hybridized carbons (Fsp3) is 0.381. The topological polar surface area (TPSA) is 41.6 Å². The second-order valence-electron chi connectivity index (χ2n) is 6.67. The van der Waals surface area contributed by atoms with Gasteiger partial charge in [-0.3, -0.25) is 4.79 Å². The van der Waals surface area contributed by atoms with Crippen LogP contribution in [0.2, 0.25) is 0 Å². The lowest BCUT2D eigenvalue weighted by molar-refractivity contribution is -0.114. The second kappa shape index (κ2) is 7.70. The normalized spacial score (nSPS) is 14.8. The lowest BCUT2D eigenvalue weighted by Crippen LogP contribution is -2.28. The molecule has 0 aromatic heterocycles. The molecular formula is C21H26N2O2. The first-order valence-electron chi connectivity index (χ1n) is 8.84. The average molecular weight is 338 g/mol. The van der Waals surface area contributed by atoms with Gasteiger partial charge in [-0.15, -0.1) is 0 Å². The molecule has 2 aromatic rings. The van der Waals surface area contributed by atoms with E-state index in [1.165, 1.54) is 22.4 Å². The van der Waals surface area contributed by atoms with E-state index in [0.29, 0.717) is 0 Å². The minimum atomic E-state index is -0.0296. The Bertz CT molecular complexity index is 740. The highest BCUT2D eigenvalue weighted by Gasteiger charge is 2.17. The van der Waals surface area contributed by atoms with E-state index < -0.39 is 0 Å².